The van der Waals surface area contributed by atoms with Crippen molar-refractivity contribution in [3.8, 4) is 5.75 Å². The Morgan fingerprint density at radius 1 is 1.08 bits per heavy atom. The summed E-state index contributed by atoms with van der Waals surface area (Å²) in [5.41, 5.74) is 1.16. The molecule has 2 aromatic carbocycles. The molecule has 10 heteroatoms. The predicted octanol–water partition coefficient (Wildman–Crippen LogP) is 1.17. The third-order valence-corrected chi connectivity index (χ3v) is 6.07. The van der Waals surface area contributed by atoms with Gasteiger partial charge in [0.15, 0.2) is 0 Å². The van der Waals surface area contributed by atoms with Gasteiger partial charge < -0.3 is 30.5 Å². The highest BCUT2D eigenvalue weighted by Gasteiger charge is 2.26. The minimum Gasteiger partial charge on any atom is -0.491 e. The highest BCUT2D eigenvalue weighted by atomic mass is 16.5. The average molecular weight is 524 g/mol. The van der Waals surface area contributed by atoms with Crippen LogP contribution in [-0.2, 0) is 20.9 Å². The summed E-state index contributed by atoms with van der Waals surface area (Å²) < 4.78 is 5.76. The molecule has 3 N–H and O–H groups in total. The Morgan fingerprint density at radius 3 is 2.58 bits per heavy atom. The zero-order chi connectivity index (χ0) is 27.3. The molecule has 2 aromatic rings. The molecule has 0 unspecified atom stereocenters. The second-order valence-electron chi connectivity index (χ2n) is 9.44. The number of ether oxygens (including phenoxy) is 1. The van der Waals surface area contributed by atoms with Crippen LogP contribution >= 0.6 is 0 Å². The molecule has 0 fully saturated rings. The van der Waals surface area contributed by atoms with E-state index in [-0.39, 0.29) is 62.4 Å². The molecule has 0 spiro atoms. The molecular weight excluding hydrogens is 486 g/mol. The Kier molecular flexibility index (Phi) is 11.1. The van der Waals surface area contributed by atoms with Crippen molar-refractivity contribution in [1.29, 1.82) is 0 Å². The Bertz CT molecular complexity index is 1090. The predicted molar refractivity (Wildman–Crippen MR) is 143 cm³/mol. The van der Waals surface area contributed by atoms with Crippen LogP contribution in [0.2, 0.25) is 0 Å². The molecule has 1 aliphatic rings. The minimum absolute atomic E-state index is 0.0195. The van der Waals surface area contributed by atoms with Crippen LogP contribution in [0, 0.1) is 0 Å². The Balaban J connectivity index is 1.80. The number of carbonyl (C=O) groups excluding carboxylic acids is 4. The lowest BCUT2D eigenvalue weighted by atomic mass is 10.1. The smallest absolute Gasteiger partial charge is 0.255 e. The van der Waals surface area contributed by atoms with E-state index < -0.39 is 11.9 Å². The van der Waals surface area contributed by atoms with Crippen LogP contribution in [0.1, 0.15) is 35.2 Å². The number of hydrogen-bond donors (Lipinski definition) is 3. The fourth-order valence-corrected chi connectivity index (χ4v) is 4.06. The molecule has 1 atom stereocenters. The lowest BCUT2D eigenvalue weighted by molar-refractivity contribution is -0.137. The summed E-state index contributed by atoms with van der Waals surface area (Å²) in [5.74, 6) is -1.08. The van der Waals surface area contributed by atoms with E-state index in [0.717, 1.165) is 18.5 Å². The van der Waals surface area contributed by atoms with Crippen molar-refractivity contribution in [3.05, 3.63) is 65.7 Å². The molecule has 1 heterocycles. The van der Waals surface area contributed by atoms with Crippen molar-refractivity contribution >= 4 is 23.6 Å². The van der Waals surface area contributed by atoms with E-state index in [1.165, 1.54) is 4.90 Å². The fourth-order valence-electron chi connectivity index (χ4n) is 4.06. The van der Waals surface area contributed by atoms with Crippen LogP contribution in [0.5, 0.6) is 5.75 Å². The molecule has 4 amide bonds. The van der Waals surface area contributed by atoms with Crippen molar-refractivity contribution in [1.82, 2.24) is 25.8 Å². The zero-order valence-electron chi connectivity index (χ0n) is 22.1. The van der Waals surface area contributed by atoms with Crippen LogP contribution in [0.4, 0.5) is 0 Å². The van der Waals surface area contributed by atoms with Crippen molar-refractivity contribution in [2.45, 2.75) is 31.8 Å². The summed E-state index contributed by atoms with van der Waals surface area (Å²) in [6, 6.07) is 15.2. The number of nitrogens with one attached hydrogen (secondary N) is 3. The van der Waals surface area contributed by atoms with E-state index in [1.807, 2.05) is 49.3 Å². The summed E-state index contributed by atoms with van der Waals surface area (Å²) in [4.78, 5) is 55.6. The van der Waals surface area contributed by atoms with E-state index in [4.69, 9.17) is 4.74 Å². The molecule has 1 aliphatic heterocycles. The van der Waals surface area contributed by atoms with E-state index in [0.29, 0.717) is 12.3 Å². The zero-order valence-corrected chi connectivity index (χ0v) is 22.1. The van der Waals surface area contributed by atoms with Crippen molar-refractivity contribution in [2.75, 3.05) is 46.9 Å². The number of rotatable bonds is 7. The summed E-state index contributed by atoms with van der Waals surface area (Å²) in [5, 5.41) is 8.43. The van der Waals surface area contributed by atoms with Gasteiger partial charge in [0.2, 0.25) is 17.7 Å². The van der Waals surface area contributed by atoms with E-state index >= 15 is 0 Å². The first-order valence-corrected chi connectivity index (χ1v) is 12.9. The largest absolute Gasteiger partial charge is 0.491 e. The number of benzene rings is 2. The van der Waals surface area contributed by atoms with Crippen LogP contribution in [0.25, 0.3) is 0 Å². The van der Waals surface area contributed by atoms with Crippen molar-refractivity contribution < 1.29 is 23.9 Å². The number of carbonyl (C=O) groups is 4. The Hall–Kier alpha value is -3.92. The maximum absolute atomic E-state index is 13.3. The van der Waals surface area contributed by atoms with Crippen molar-refractivity contribution in [2.24, 2.45) is 0 Å². The van der Waals surface area contributed by atoms with Crippen LogP contribution in [0.3, 0.4) is 0 Å². The van der Waals surface area contributed by atoms with Gasteiger partial charge in [-0.3, -0.25) is 19.2 Å². The fraction of sp³-hybridized carbons (Fsp3) is 0.429. The molecule has 0 saturated heterocycles. The van der Waals surface area contributed by atoms with Gasteiger partial charge in [-0.15, -0.1) is 0 Å². The molecular formula is C28H37N5O5. The Morgan fingerprint density at radius 2 is 1.82 bits per heavy atom. The molecule has 0 saturated carbocycles. The summed E-state index contributed by atoms with van der Waals surface area (Å²) >= 11 is 0. The van der Waals surface area contributed by atoms with Gasteiger partial charge in [0, 0.05) is 19.5 Å². The normalized spacial score (nSPS) is 17.4. The number of nitrogens with zero attached hydrogens (tertiary/aromatic N) is 2. The van der Waals surface area contributed by atoms with E-state index in [9.17, 15) is 19.2 Å². The number of amides is 4. The number of fused-ring (bicyclic) bond motifs is 1. The molecule has 0 bridgehead atoms. The summed E-state index contributed by atoms with van der Waals surface area (Å²) in [7, 11) is 3.91. The minimum atomic E-state index is -0.934. The van der Waals surface area contributed by atoms with E-state index in [2.05, 4.69) is 16.0 Å². The first kappa shape index (κ1) is 28.6. The third-order valence-electron chi connectivity index (χ3n) is 6.07. The summed E-state index contributed by atoms with van der Waals surface area (Å²) in [6.45, 7) is 1.72. The third kappa shape index (κ3) is 9.19. The molecule has 0 radical (unpaired) electrons. The van der Waals surface area contributed by atoms with Gasteiger partial charge in [0.25, 0.3) is 5.91 Å². The molecule has 0 aliphatic carbocycles. The standard InChI is InChI=1S/C28H37N5O5/c1-32(2)17-8-15-30-28(37)23-13-14-26(35)33(19-21-9-4-3-5-10-21)20-25(34)29-16-18-38-24-12-7-6-11-22(24)27(36)31-23/h3-7,9-12,23H,8,13-20H2,1-2H3,(H,29,34)(H,30,37)(H,31,36)/t23-/m0/s1. The first-order chi connectivity index (χ1) is 18.3. The van der Waals surface area contributed by atoms with Gasteiger partial charge in [0.1, 0.15) is 18.4 Å². The van der Waals surface area contributed by atoms with Crippen LogP contribution < -0.4 is 20.7 Å². The monoisotopic (exact) mass is 523 g/mol. The molecule has 38 heavy (non-hydrogen) atoms. The van der Waals surface area contributed by atoms with Gasteiger partial charge in [-0.05, 0) is 51.2 Å². The average Bonchev–Trinajstić information content (AvgIpc) is 2.91. The SMILES string of the molecule is CN(C)CCCNC(=O)[C@@H]1CCC(=O)N(Cc2ccccc2)CC(=O)NCCOc2ccccc2C(=O)N1. The van der Waals surface area contributed by atoms with Gasteiger partial charge in [0.05, 0.1) is 18.7 Å². The second kappa shape index (κ2) is 14.7. The molecule has 0 aromatic heterocycles. The molecule has 3 rings (SSSR count). The van der Waals surface area contributed by atoms with Crippen LogP contribution in [0.15, 0.2) is 54.6 Å². The summed E-state index contributed by atoms with van der Waals surface area (Å²) in [6.07, 6.45) is 0.809. The van der Waals surface area contributed by atoms with Crippen molar-refractivity contribution in [3.63, 3.8) is 0 Å². The lowest BCUT2D eigenvalue weighted by Crippen LogP contribution is -2.48. The Labute approximate surface area is 223 Å². The topological polar surface area (TPSA) is 120 Å². The van der Waals surface area contributed by atoms with Crippen LogP contribution in [-0.4, -0.2) is 86.4 Å². The molecule has 204 valence electrons. The lowest BCUT2D eigenvalue weighted by Gasteiger charge is -2.24. The van der Waals surface area contributed by atoms with Gasteiger partial charge >= 0.3 is 0 Å². The maximum atomic E-state index is 13.3. The quantitative estimate of drug-likeness (QED) is 0.469. The van der Waals surface area contributed by atoms with E-state index in [1.54, 1.807) is 24.3 Å². The van der Waals surface area contributed by atoms with Gasteiger partial charge in [-0.2, -0.15) is 0 Å². The highest BCUT2D eigenvalue weighted by Crippen LogP contribution is 2.18. The second-order valence-corrected chi connectivity index (χ2v) is 9.44. The van der Waals surface area contributed by atoms with Gasteiger partial charge in [-0.25, -0.2) is 0 Å². The number of para-hydroxylation sites is 1. The molecule has 10 nitrogen and oxygen atoms in total. The number of hydrogen-bond acceptors (Lipinski definition) is 6. The first-order valence-electron chi connectivity index (χ1n) is 12.9. The maximum Gasteiger partial charge on any atom is 0.255 e. The van der Waals surface area contributed by atoms with Gasteiger partial charge in [-0.1, -0.05) is 42.5 Å². The highest BCUT2D eigenvalue weighted by molar-refractivity contribution is 5.99.